The summed E-state index contributed by atoms with van der Waals surface area (Å²) in [4.78, 5) is 0.911. The number of aryl methyl sites for hydroxylation is 3. The molecule has 0 aliphatic heterocycles. The molecule has 0 unspecified atom stereocenters. The number of benzene rings is 4. The van der Waals surface area contributed by atoms with E-state index in [1.807, 2.05) is 87.5 Å². The maximum Gasteiger partial charge on any atom is 0.161 e. The number of ether oxygens (including phenoxy) is 4. The molecule has 0 saturated carbocycles. The molecule has 5 nitrogen and oxygen atoms in total. The van der Waals surface area contributed by atoms with Gasteiger partial charge in [-0.1, -0.05) is 69.3 Å². The van der Waals surface area contributed by atoms with E-state index >= 15 is 0 Å². The SMILES string of the molecule is CCCOc1cc(C)ccc1O.CCCOc1cc(C)ccc1OCc1ccccc1.CCCOc1cc(C)ccc1S. The number of phenolic OH excluding ortho intramolecular Hbond substituents is 1. The highest BCUT2D eigenvalue weighted by molar-refractivity contribution is 7.80. The van der Waals surface area contributed by atoms with Crippen LogP contribution < -0.4 is 18.9 Å². The summed E-state index contributed by atoms with van der Waals surface area (Å²) in [5.74, 6) is 3.33. The predicted octanol–water partition coefficient (Wildman–Crippen LogP) is 9.92. The Hall–Kier alpha value is -3.77. The molecule has 0 aliphatic rings. The molecule has 0 fully saturated rings. The van der Waals surface area contributed by atoms with Gasteiger partial charge >= 0.3 is 0 Å². The Bertz CT molecular complexity index is 1280. The van der Waals surface area contributed by atoms with E-state index in [1.54, 1.807) is 6.07 Å². The molecule has 0 spiro atoms. The van der Waals surface area contributed by atoms with Gasteiger partial charge in [-0.15, -0.1) is 12.6 Å². The van der Waals surface area contributed by atoms with Gasteiger partial charge < -0.3 is 24.1 Å². The van der Waals surface area contributed by atoms with Gasteiger partial charge in [0.25, 0.3) is 0 Å². The van der Waals surface area contributed by atoms with E-state index in [-0.39, 0.29) is 5.75 Å². The largest absolute Gasteiger partial charge is 0.504 e. The first-order valence-electron chi connectivity index (χ1n) is 15.0. The average molecular weight is 605 g/mol. The van der Waals surface area contributed by atoms with Crippen molar-refractivity contribution in [3.63, 3.8) is 0 Å². The first-order chi connectivity index (χ1) is 20.8. The Balaban J connectivity index is 0.000000236. The number of aromatic hydroxyl groups is 1. The number of hydrogen-bond acceptors (Lipinski definition) is 6. The van der Waals surface area contributed by atoms with Gasteiger partial charge in [0.05, 0.1) is 19.8 Å². The van der Waals surface area contributed by atoms with Gasteiger partial charge in [0.1, 0.15) is 12.4 Å². The molecule has 0 saturated heterocycles. The minimum atomic E-state index is 0.217. The van der Waals surface area contributed by atoms with Gasteiger partial charge in [-0.2, -0.15) is 0 Å². The van der Waals surface area contributed by atoms with Crippen molar-refractivity contribution >= 4 is 12.6 Å². The summed E-state index contributed by atoms with van der Waals surface area (Å²) >= 11 is 4.29. The highest BCUT2D eigenvalue weighted by atomic mass is 32.1. The van der Waals surface area contributed by atoms with Crippen molar-refractivity contribution in [1.29, 1.82) is 0 Å². The molecule has 232 valence electrons. The second kappa shape index (κ2) is 20.2. The zero-order chi connectivity index (χ0) is 31.5. The quantitative estimate of drug-likeness (QED) is 0.158. The molecule has 0 amide bonds. The number of thiol groups is 1. The van der Waals surface area contributed by atoms with Crippen LogP contribution in [0.2, 0.25) is 0 Å². The Labute approximate surface area is 264 Å². The van der Waals surface area contributed by atoms with E-state index in [0.717, 1.165) is 59.1 Å². The Morgan fingerprint density at radius 3 is 1.63 bits per heavy atom. The molecular formula is C37H48O5S. The van der Waals surface area contributed by atoms with Crippen LogP contribution in [0.5, 0.6) is 28.7 Å². The normalized spacial score (nSPS) is 10.0. The summed E-state index contributed by atoms with van der Waals surface area (Å²) in [5, 5.41) is 9.34. The summed E-state index contributed by atoms with van der Waals surface area (Å²) in [6.45, 7) is 15.0. The molecule has 4 rings (SSSR count). The van der Waals surface area contributed by atoms with Gasteiger partial charge in [-0.25, -0.2) is 0 Å². The maximum atomic E-state index is 9.34. The second-order valence-corrected chi connectivity index (χ2v) is 10.7. The van der Waals surface area contributed by atoms with Crippen LogP contribution in [-0.2, 0) is 6.61 Å². The van der Waals surface area contributed by atoms with E-state index in [1.165, 1.54) is 11.1 Å². The zero-order valence-corrected chi connectivity index (χ0v) is 27.5. The fourth-order valence-electron chi connectivity index (χ4n) is 3.69. The Morgan fingerprint density at radius 2 is 1.02 bits per heavy atom. The molecule has 1 N–H and O–H groups in total. The maximum absolute atomic E-state index is 9.34. The monoisotopic (exact) mass is 604 g/mol. The minimum absolute atomic E-state index is 0.217. The van der Waals surface area contributed by atoms with Crippen molar-refractivity contribution in [1.82, 2.24) is 0 Å². The van der Waals surface area contributed by atoms with E-state index in [4.69, 9.17) is 18.9 Å². The van der Waals surface area contributed by atoms with Gasteiger partial charge in [-0.05, 0) is 98.7 Å². The third-order valence-corrected chi connectivity index (χ3v) is 6.32. The summed E-state index contributed by atoms with van der Waals surface area (Å²) in [7, 11) is 0. The smallest absolute Gasteiger partial charge is 0.161 e. The van der Waals surface area contributed by atoms with Gasteiger partial charge in [0, 0.05) is 4.90 Å². The number of phenols is 1. The van der Waals surface area contributed by atoms with Crippen LogP contribution in [0.4, 0.5) is 0 Å². The van der Waals surface area contributed by atoms with E-state index in [9.17, 15) is 5.11 Å². The highest BCUT2D eigenvalue weighted by Gasteiger charge is 2.06. The average Bonchev–Trinajstić information content (AvgIpc) is 3.01. The van der Waals surface area contributed by atoms with Gasteiger partial charge in [0.2, 0.25) is 0 Å². The van der Waals surface area contributed by atoms with Crippen molar-refractivity contribution in [2.24, 2.45) is 0 Å². The van der Waals surface area contributed by atoms with Crippen LogP contribution in [0.1, 0.15) is 62.3 Å². The second-order valence-electron chi connectivity index (χ2n) is 10.2. The molecule has 0 radical (unpaired) electrons. The van der Waals surface area contributed by atoms with Crippen molar-refractivity contribution in [3.05, 3.63) is 107 Å². The molecule has 6 heteroatoms. The summed E-state index contributed by atoms with van der Waals surface area (Å²) in [6.07, 6.45) is 2.97. The van der Waals surface area contributed by atoms with Crippen LogP contribution in [0.3, 0.4) is 0 Å². The van der Waals surface area contributed by atoms with Crippen LogP contribution >= 0.6 is 12.6 Å². The topological polar surface area (TPSA) is 57.2 Å². The molecule has 43 heavy (non-hydrogen) atoms. The molecule has 0 bridgehead atoms. The van der Waals surface area contributed by atoms with Crippen LogP contribution in [0.15, 0.2) is 89.8 Å². The standard InChI is InChI=1S/C17H20O2.C10H14O2.C10H14OS/c1-3-11-18-17-12-14(2)9-10-16(17)19-13-15-7-5-4-6-8-15;1-3-6-12-10-7-8(2)4-5-9(10)11;1-3-6-11-9-7-8(2)4-5-10(9)12/h4-10,12H,3,11,13H2,1-2H3;4-5,7,11H,3,6H2,1-2H3;4-5,7,12H,3,6H2,1-2H3. The number of rotatable bonds is 12. The Morgan fingerprint density at radius 1 is 0.535 bits per heavy atom. The third-order valence-electron chi connectivity index (χ3n) is 5.95. The molecule has 0 heterocycles. The highest BCUT2D eigenvalue weighted by Crippen LogP contribution is 2.29. The summed E-state index contributed by atoms with van der Waals surface area (Å²) in [6, 6.07) is 27.5. The fraction of sp³-hybridized carbons (Fsp3) is 0.351. The van der Waals surface area contributed by atoms with Crippen molar-refractivity contribution in [2.45, 2.75) is 72.3 Å². The molecule has 4 aromatic carbocycles. The molecule has 0 aliphatic carbocycles. The third kappa shape index (κ3) is 13.8. The van der Waals surface area contributed by atoms with E-state index < -0.39 is 0 Å². The Kier molecular flexibility index (Phi) is 16.6. The molecular weight excluding hydrogens is 556 g/mol. The van der Waals surface area contributed by atoms with Crippen LogP contribution in [0, 0.1) is 20.8 Å². The van der Waals surface area contributed by atoms with Crippen molar-refractivity contribution in [2.75, 3.05) is 19.8 Å². The number of hydrogen-bond donors (Lipinski definition) is 2. The summed E-state index contributed by atoms with van der Waals surface area (Å²) in [5.41, 5.74) is 4.64. The fourth-order valence-corrected chi connectivity index (χ4v) is 3.90. The lowest BCUT2D eigenvalue weighted by atomic mass is 10.2. The molecule has 0 atom stereocenters. The van der Waals surface area contributed by atoms with Crippen LogP contribution in [0.25, 0.3) is 0 Å². The van der Waals surface area contributed by atoms with Gasteiger partial charge in [-0.3, -0.25) is 0 Å². The molecule has 4 aromatic rings. The van der Waals surface area contributed by atoms with Crippen molar-refractivity contribution in [3.8, 4) is 28.7 Å². The minimum Gasteiger partial charge on any atom is -0.504 e. The summed E-state index contributed by atoms with van der Waals surface area (Å²) < 4.78 is 22.4. The first kappa shape index (κ1) is 35.4. The van der Waals surface area contributed by atoms with Gasteiger partial charge in [0.15, 0.2) is 23.0 Å². The molecule has 0 aromatic heterocycles. The van der Waals surface area contributed by atoms with Crippen LogP contribution in [-0.4, -0.2) is 24.9 Å². The van der Waals surface area contributed by atoms with E-state index in [2.05, 4.69) is 45.5 Å². The van der Waals surface area contributed by atoms with E-state index in [0.29, 0.717) is 25.6 Å². The zero-order valence-electron chi connectivity index (χ0n) is 26.6. The lowest BCUT2D eigenvalue weighted by Crippen LogP contribution is -2.01. The first-order valence-corrected chi connectivity index (χ1v) is 15.5. The lowest BCUT2D eigenvalue weighted by molar-refractivity contribution is 0.261. The lowest BCUT2D eigenvalue weighted by Gasteiger charge is -2.13. The van der Waals surface area contributed by atoms with Crippen molar-refractivity contribution < 1.29 is 24.1 Å². The predicted molar refractivity (Wildman–Crippen MR) is 181 cm³/mol.